The average Bonchev–Trinajstić information content (AvgIpc) is 3.12. The van der Waals surface area contributed by atoms with Gasteiger partial charge in [0.15, 0.2) is 17.1 Å². The van der Waals surface area contributed by atoms with Crippen LogP contribution in [0.1, 0.15) is 32.2 Å². The molecule has 3 heterocycles. The smallest absolute Gasteiger partial charge is 0.185 e. The van der Waals surface area contributed by atoms with Gasteiger partial charge in [-0.1, -0.05) is 45.0 Å². The van der Waals surface area contributed by atoms with E-state index in [0.717, 1.165) is 22.6 Å². The van der Waals surface area contributed by atoms with Crippen molar-refractivity contribution in [3.8, 4) is 11.4 Å². The van der Waals surface area contributed by atoms with Gasteiger partial charge in [0.25, 0.3) is 0 Å². The lowest BCUT2D eigenvalue weighted by atomic mass is 9.87. The number of fused-ring (bicyclic) bond motifs is 3. The number of aromatic nitrogens is 6. The Morgan fingerprint density at radius 3 is 2.48 bits per heavy atom. The molecule has 1 N–H and O–H groups in total. The van der Waals surface area contributed by atoms with Crippen LogP contribution in [0.15, 0.2) is 30.6 Å². The standard InChI is InChI=1S/C17H18N6/c1-10-20-15-13(18-9-19-15)16-21-14(22-23(10)16)11-5-7-12(8-6-11)17(2,3)4/h5-9H,1-4H3,(H,18,19). The lowest BCUT2D eigenvalue weighted by Crippen LogP contribution is -2.10. The van der Waals surface area contributed by atoms with Gasteiger partial charge >= 0.3 is 0 Å². The largest absolute Gasteiger partial charge is 0.340 e. The van der Waals surface area contributed by atoms with Crippen molar-refractivity contribution in [1.29, 1.82) is 0 Å². The number of nitrogens with one attached hydrogen (secondary N) is 1. The molecule has 0 saturated heterocycles. The lowest BCUT2D eigenvalue weighted by Gasteiger charge is -2.18. The van der Waals surface area contributed by atoms with E-state index in [-0.39, 0.29) is 5.41 Å². The third kappa shape index (κ3) is 2.18. The van der Waals surface area contributed by atoms with Crippen LogP contribution in [0.25, 0.3) is 28.2 Å². The maximum absolute atomic E-state index is 4.68. The van der Waals surface area contributed by atoms with E-state index in [4.69, 9.17) is 0 Å². The topological polar surface area (TPSA) is 71.8 Å². The van der Waals surface area contributed by atoms with Crippen molar-refractivity contribution in [2.75, 3.05) is 0 Å². The Hall–Kier alpha value is -2.76. The van der Waals surface area contributed by atoms with Crippen molar-refractivity contribution >= 4 is 16.8 Å². The molecule has 116 valence electrons. The summed E-state index contributed by atoms with van der Waals surface area (Å²) in [5.41, 5.74) is 4.64. The Balaban J connectivity index is 1.87. The molecular formula is C17H18N6. The second kappa shape index (κ2) is 4.62. The summed E-state index contributed by atoms with van der Waals surface area (Å²) < 4.78 is 1.76. The Kier molecular flexibility index (Phi) is 2.78. The van der Waals surface area contributed by atoms with E-state index in [2.05, 4.69) is 70.1 Å². The van der Waals surface area contributed by atoms with Gasteiger partial charge in [-0.15, -0.1) is 5.10 Å². The zero-order chi connectivity index (χ0) is 16.2. The first-order valence-corrected chi connectivity index (χ1v) is 7.61. The molecule has 4 aromatic rings. The van der Waals surface area contributed by atoms with Gasteiger partial charge in [0.2, 0.25) is 0 Å². The highest BCUT2D eigenvalue weighted by Gasteiger charge is 2.16. The molecule has 0 unspecified atom stereocenters. The summed E-state index contributed by atoms with van der Waals surface area (Å²) in [5, 5.41) is 4.60. The summed E-state index contributed by atoms with van der Waals surface area (Å²) in [6.45, 7) is 8.52. The maximum atomic E-state index is 4.68. The van der Waals surface area contributed by atoms with Gasteiger partial charge in [-0.25, -0.2) is 15.0 Å². The normalized spacial score (nSPS) is 12.3. The number of imidazole rings is 1. The van der Waals surface area contributed by atoms with E-state index in [1.165, 1.54) is 5.56 Å². The SMILES string of the molecule is Cc1nc2nc[nH]c2c2nc(-c3ccc(C(C)(C)C)cc3)nn12. The van der Waals surface area contributed by atoms with Gasteiger partial charge in [0.1, 0.15) is 11.3 Å². The number of hydrogen-bond donors (Lipinski definition) is 1. The highest BCUT2D eigenvalue weighted by Crippen LogP contribution is 2.25. The maximum Gasteiger partial charge on any atom is 0.185 e. The monoisotopic (exact) mass is 306 g/mol. The molecule has 0 fully saturated rings. The molecule has 23 heavy (non-hydrogen) atoms. The minimum Gasteiger partial charge on any atom is -0.340 e. The van der Waals surface area contributed by atoms with Gasteiger partial charge in [-0.3, -0.25) is 0 Å². The Bertz CT molecular complexity index is 1000. The van der Waals surface area contributed by atoms with E-state index in [1.807, 2.05) is 6.92 Å². The first-order valence-electron chi connectivity index (χ1n) is 7.61. The Labute approximate surface area is 133 Å². The van der Waals surface area contributed by atoms with Crippen molar-refractivity contribution < 1.29 is 0 Å². The number of H-pyrrole nitrogens is 1. The second-order valence-corrected chi connectivity index (χ2v) is 6.76. The Morgan fingerprint density at radius 1 is 1.04 bits per heavy atom. The summed E-state index contributed by atoms with van der Waals surface area (Å²) in [7, 11) is 0. The van der Waals surface area contributed by atoms with E-state index >= 15 is 0 Å². The fraction of sp³-hybridized carbons (Fsp3) is 0.294. The molecule has 4 rings (SSSR count). The molecule has 3 aromatic heterocycles. The summed E-state index contributed by atoms with van der Waals surface area (Å²) in [6, 6.07) is 8.42. The Morgan fingerprint density at radius 2 is 1.78 bits per heavy atom. The summed E-state index contributed by atoms with van der Waals surface area (Å²) in [6.07, 6.45) is 1.63. The van der Waals surface area contributed by atoms with Gasteiger partial charge < -0.3 is 4.98 Å². The third-order valence-electron chi connectivity index (χ3n) is 4.03. The van der Waals surface area contributed by atoms with E-state index in [1.54, 1.807) is 10.8 Å². The van der Waals surface area contributed by atoms with Crippen LogP contribution in [-0.2, 0) is 5.41 Å². The van der Waals surface area contributed by atoms with Crippen LogP contribution < -0.4 is 0 Å². The zero-order valence-electron chi connectivity index (χ0n) is 13.6. The molecule has 6 nitrogen and oxygen atoms in total. The van der Waals surface area contributed by atoms with Crippen molar-refractivity contribution in [3.63, 3.8) is 0 Å². The molecule has 1 aromatic carbocycles. The van der Waals surface area contributed by atoms with Gasteiger partial charge in [-0.2, -0.15) is 4.52 Å². The summed E-state index contributed by atoms with van der Waals surface area (Å²) in [4.78, 5) is 16.4. The third-order valence-corrected chi connectivity index (χ3v) is 4.03. The summed E-state index contributed by atoms with van der Waals surface area (Å²) in [5.74, 6) is 1.46. The van der Waals surface area contributed by atoms with Crippen LogP contribution >= 0.6 is 0 Å². The predicted molar refractivity (Wildman–Crippen MR) is 89.3 cm³/mol. The number of rotatable bonds is 1. The molecule has 0 spiro atoms. The number of nitrogens with zero attached hydrogens (tertiary/aromatic N) is 5. The molecule has 0 aliphatic heterocycles. The number of benzene rings is 1. The fourth-order valence-corrected chi connectivity index (χ4v) is 2.68. The molecule has 0 aliphatic carbocycles. The molecule has 0 aliphatic rings. The predicted octanol–water partition coefficient (Wildman–Crippen LogP) is 3.27. The lowest BCUT2D eigenvalue weighted by molar-refractivity contribution is 0.590. The first kappa shape index (κ1) is 13.9. The van der Waals surface area contributed by atoms with Crippen molar-refractivity contribution in [1.82, 2.24) is 29.5 Å². The van der Waals surface area contributed by atoms with Crippen LogP contribution in [0.4, 0.5) is 0 Å². The van der Waals surface area contributed by atoms with Crippen LogP contribution in [-0.4, -0.2) is 29.5 Å². The molecule has 0 bridgehead atoms. The minimum atomic E-state index is 0.132. The minimum absolute atomic E-state index is 0.132. The van der Waals surface area contributed by atoms with Crippen molar-refractivity contribution in [2.24, 2.45) is 0 Å². The second-order valence-electron chi connectivity index (χ2n) is 6.76. The van der Waals surface area contributed by atoms with E-state index in [0.29, 0.717) is 11.5 Å². The highest BCUT2D eigenvalue weighted by molar-refractivity contribution is 5.85. The summed E-state index contributed by atoms with van der Waals surface area (Å²) >= 11 is 0. The molecule has 6 heteroatoms. The van der Waals surface area contributed by atoms with E-state index in [9.17, 15) is 0 Å². The van der Waals surface area contributed by atoms with Crippen LogP contribution in [0.3, 0.4) is 0 Å². The van der Waals surface area contributed by atoms with Gasteiger partial charge in [0.05, 0.1) is 6.33 Å². The molecule has 0 amide bonds. The van der Waals surface area contributed by atoms with E-state index < -0.39 is 0 Å². The zero-order valence-corrected chi connectivity index (χ0v) is 13.6. The number of hydrogen-bond acceptors (Lipinski definition) is 4. The first-order chi connectivity index (χ1) is 10.9. The fourth-order valence-electron chi connectivity index (χ4n) is 2.68. The van der Waals surface area contributed by atoms with Crippen LogP contribution in [0.2, 0.25) is 0 Å². The number of aryl methyl sites for hydroxylation is 1. The van der Waals surface area contributed by atoms with Crippen molar-refractivity contribution in [2.45, 2.75) is 33.1 Å². The molecule has 0 saturated carbocycles. The average molecular weight is 306 g/mol. The highest BCUT2D eigenvalue weighted by atomic mass is 15.3. The van der Waals surface area contributed by atoms with Gasteiger partial charge in [0, 0.05) is 5.56 Å². The van der Waals surface area contributed by atoms with Crippen LogP contribution in [0.5, 0.6) is 0 Å². The molecular weight excluding hydrogens is 288 g/mol. The quantitative estimate of drug-likeness (QED) is 0.586. The molecule has 0 radical (unpaired) electrons. The van der Waals surface area contributed by atoms with Gasteiger partial charge in [-0.05, 0) is 17.9 Å². The van der Waals surface area contributed by atoms with Crippen molar-refractivity contribution in [3.05, 3.63) is 42.0 Å². The van der Waals surface area contributed by atoms with Crippen LogP contribution in [0, 0.1) is 6.92 Å². The molecule has 0 atom stereocenters. The number of aromatic amines is 1.